The molecule has 3 rings (SSSR count). The number of ether oxygens (including phenoxy) is 2. The number of methoxy groups -OCH3 is 1. The van der Waals surface area contributed by atoms with Gasteiger partial charge in [-0.2, -0.15) is 0 Å². The number of rotatable bonds is 7. The van der Waals surface area contributed by atoms with Crippen molar-refractivity contribution in [2.75, 3.05) is 30.5 Å². The van der Waals surface area contributed by atoms with E-state index < -0.39 is 11.9 Å². The quantitative estimate of drug-likeness (QED) is 0.648. The summed E-state index contributed by atoms with van der Waals surface area (Å²) in [6.07, 6.45) is 0.0844. The van der Waals surface area contributed by atoms with Gasteiger partial charge in [-0.3, -0.25) is 9.59 Å². The van der Waals surface area contributed by atoms with Crippen LogP contribution in [0.1, 0.15) is 30.6 Å². The second-order valence-electron chi connectivity index (χ2n) is 7.78. The van der Waals surface area contributed by atoms with Gasteiger partial charge in [0.1, 0.15) is 5.75 Å². The molecule has 2 amide bonds. The number of carbonyl (C=O) groups excluding carboxylic acids is 3. The number of halogens is 1. The zero-order valence-corrected chi connectivity index (χ0v) is 18.4. The van der Waals surface area contributed by atoms with Gasteiger partial charge in [-0.25, -0.2) is 4.79 Å². The molecule has 31 heavy (non-hydrogen) atoms. The molecule has 0 radical (unpaired) electrons. The van der Waals surface area contributed by atoms with Crippen LogP contribution in [0.15, 0.2) is 42.5 Å². The maximum atomic E-state index is 12.7. The molecule has 164 valence electrons. The minimum absolute atomic E-state index is 0.0844. The van der Waals surface area contributed by atoms with Crippen LogP contribution < -0.4 is 15.0 Å². The van der Waals surface area contributed by atoms with Gasteiger partial charge < -0.3 is 19.7 Å². The highest BCUT2D eigenvalue weighted by Crippen LogP contribution is 2.35. The van der Waals surface area contributed by atoms with E-state index in [0.29, 0.717) is 34.3 Å². The van der Waals surface area contributed by atoms with Crippen LogP contribution in [0.25, 0.3) is 0 Å². The summed E-state index contributed by atoms with van der Waals surface area (Å²) in [5.74, 6) is -0.608. The van der Waals surface area contributed by atoms with Crippen molar-refractivity contribution in [3.8, 4) is 5.75 Å². The Morgan fingerprint density at radius 1 is 1.19 bits per heavy atom. The Morgan fingerprint density at radius 2 is 1.90 bits per heavy atom. The number of esters is 1. The normalized spacial score (nSPS) is 15.8. The van der Waals surface area contributed by atoms with Gasteiger partial charge in [0.2, 0.25) is 11.8 Å². The summed E-state index contributed by atoms with van der Waals surface area (Å²) in [5, 5.41) is 3.28. The molecule has 2 aromatic rings. The minimum atomic E-state index is -0.521. The summed E-state index contributed by atoms with van der Waals surface area (Å²) in [6, 6.07) is 11.5. The lowest BCUT2D eigenvalue weighted by molar-refractivity contribution is -0.122. The van der Waals surface area contributed by atoms with E-state index in [-0.39, 0.29) is 30.7 Å². The first-order valence-corrected chi connectivity index (χ1v) is 10.4. The second-order valence-corrected chi connectivity index (χ2v) is 8.22. The van der Waals surface area contributed by atoms with E-state index in [9.17, 15) is 14.4 Å². The third-order valence-electron chi connectivity index (χ3n) is 4.86. The molecule has 7 nitrogen and oxygen atoms in total. The van der Waals surface area contributed by atoms with Crippen molar-refractivity contribution in [3.63, 3.8) is 0 Å². The van der Waals surface area contributed by atoms with Crippen LogP contribution in [-0.4, -0.2) is 38.0 Å². The summed E-state index contributed by atoms with van der Waals surface area (Å²) < 4.78 is 10.5. The first-order chi connectivity index (χ1) is 14.8. The number of hydrogen-bond donors (Lipinski definition) is 1. The van der Waals surface area contributed by atoms with Crippen LogP contribution >= 0.6 is 11.6 Å². The van der Waals surface area contributed by atoms with Gasteiger partial charge in [-0.1, -0.05) is 25.4 Å². The Bertz CT molecular complexity index is 974. The third-order valence-corrected chi connectivity index (χ3v) is 5.10. The van der Waals surface area contributed by atoms with Crippen molar-refractivity contribution < 1.29 is 23.9 Å². The molecule has 0 bridgehead atoms. The van der Waals surface area contributed by atoms with E-state index in [1.807, 2.05) is 13.8 Å². The number of carbonyl (C=O) groups is 3. The van der Waals surface area contributed by atoms with E-state index in [1.54, 1.807) is 42.5 Å². The van der Waals surface area contributed by atoms with E-state index in [0.717, 1.165) is 0 Å². The molecule has 2 aromatic carbocycles. The molecular formula is C23H25ClN2O5. The fourth-order valence-electron chi connectivity index (χ4n) is 3.25. The maximum absolute atomic E-state index is 12.7. The molecule has 1 N–H and O–H groups in total. The predicted octanol–water partition coefficient (Wildman–Crippen LogP) is 4.15. The summed E-state index contributed by atoms with van der Waals surface area (Å²) in [6.45, 7) is 4.49. The molecule has 0 saturated carbocycles. The topological polar surface area (TPSA) is 84.9 Å². The molecule has 0 unspecified atom stereocenters. The molecule has 1 aliphatic rings. The molecule has 8 heteroatoms. The van der Waals surface area contributed by atoms with Gasteiger partial charge in [0.05, 0.1) is 30.9 Å². The molecule has 1 saturated heterocycles. The third kappa shape index (κ3) is 5.55. The average molecular weight is 445 g/mol. The highest BCUT2D eigenvalue weighted by Gasteiger charge is 2.36. The van der Waals surface area contributed by atoms with E-state index in [1.165, 1.54) is 12.0 Å². The van der Waals surface area contributed by atoms with Crippen LogP contribution in [0.5, 0.6) is 5.75 Å². The zero-order chi connectivity index (χ0) is 22.5. The first kappa shape index (κ1) is 22.6. The zero-order valence-electron chi connectivity index (χ0n) is 17.7. The number of nitrogens with zero attached hydrogens (tertiary/aromatic N) is 1. The number of benzene rings is 2. The molecule has 1 heterocycles. The largest absolute Gasteiger partial charge is 0.495 e. The monoisotopic (exact) mass is 444 g/mol. The summed E-state index contributed by atoms with van der Waals surface area (Å²) in [5.41, 5.74) is 1.49. The lowest BCUT2D eigenvalue weighted by Gasteiger charge is -2.20. The molecule has 0 aliphatic carbocycles. The molecule has 1 atom stereocenters. The van der Waals surface area contributed by atoms with Gasteiger partial charge in [0, 0.05) is 23.7 Å². The van der Waals surface area contributed by atoms with Crippen molar-refractivity contribution in [1.29, 1.82) is 0 Å². The van der Waals surface area contributed by atoms with Crippen molar-refractivity contribution in [1.82, 2.24) is 0 Å². The van der Waals surface area contributed by atoms with Gasteiger partial charge in [-0.15, -0.1) is 0 Å². The Labute approximate surface area is 186 Å². The number of anilines is 2. The minimum Gasteiger partial charge on any atom is -0.495 e. The van der Waals surface area contributed by atoms with E-state index in [2.05, 4.69) is 5.32 Å². The second kappa shape index (κ2) is 9.83. The predicted molar refractivity (Wildman–Crippen MR) is 119 cm³/mol. The van der Waals surface area contributed by atoms with Crippen molar-refractivity contribution in [2.45, 2.75) is 20.3 Å². The van der Waals surface area contributed by atoms with Gasteiger partial charge in [0.25, 0.3) is 0 Å². The Balaban J connectivity index is 1.63. The summed E-state index contributed by atoms with van der Waals surface area (Å²) in [7, 11) is 1.51. The highest BCUT2D eigenvalue weighted by molar-refractivity contribution is 6.31. The molecule has 1 fully saturated rings. The Morgan fingerprint density at radius 3 is 2.55 bits per heavy atom. The van der Waals surface area contributed by atoms with Crippen molar-refractivity contribution in [3.05, 3.63) is 53.1 Å². The number of hydrogen-bond acceptors (Lipinski definition) is 5. The molecular weight excluding hydrogens is 420 g/mol. The summed E-state index contributed by atoms with van der Waals surface area (Å²) in [4.78, 5) is 38.8. The van der Waals surface area contributed by atoms with Crippen LogP contribution in [0.4, 0.5) is 11.4 Å². The molecule has 1 aliphatic heterocycles. The molecule has 0 aromatic heterocycles. The lowest BCUT2D eigenvalue weighted by atomic mass is 10.1. The van der Waals surface area contributed by atoms with Crippen LogP contribution in [0.3, 0.4) is 0 Å². The number of amides is 2. The average Bonchev–Trinajstić information content (AvgIpc) is 3.14. The van der Waals surface area contributed by atoms with Crippen molar-refractivity contribution >= 4 is 40.8 Å². The highest BCUT2D eigenvalue weighted by atomic mass is 35.5. The van der Waals surface area contributed by atoms with Crippen molar-refractivity contribution in [2.24, 2.45) is 11.8 Å². The van der Waals surface area contributed by atoms with Gasteiger partial charge in [0.15, 0.2) is 0 Å². The Hall–Kier alpha value is -3.06. The SMILES string of the molecule is COc1ccc(Cl)cc1N1C[C@@H](C(=O)Nc2ccc(C(=O)OCC(C)C)cc2)CC1=O. The van der Waals surface area contributed by atoms with Crippen LogP contribution in [-0.2, 0) is 14.3 Å². The first-order valence-electron chi connectivity index (χ1n) is 10.0. The molecule has 0 spiro atoms. The standard InChI is InChI=1S/C23H25ClN2O5/c1-14(2)13-31-23(29)15-4-7-18(8-5-15)25-22(28)16-10-21(27)26(12-16)19-11-17(24)6-9-20(19)30-3/h4-9,11,14,16H,10,12-13H2,1-3H3,(H,25,28)/t16-/m0/s1. The lowest BCUT2D eigenvalue weighted by Crippen LogP contribution is -2.28. The maximum Gasteiger partial charge on any atom is 0.338 e. The summed E-state index contributed by atoms with van der Waals surface area (Å²) >= 11 is 6.07. The van der Waals surface area contributed by atoms with E-state index >= 15 is 0 Å². The number of nitrogens with one attached hydrogen (secondary N) is 1. The van der Waals surface area contributed by atoms with Gasteiger partial charge in [-0.05, 0) is 48.4 Å². The van der Waals surface area contributed by atoms with E-state index in [4.69, 9.17) is 21.1 Å². The fraction of sp³-hybridized carbons (Fsp3) is 0.348. The van der Waals surface area contributed by atoms with Crippen LogP contribution in [0.2, 0.25) is 5.02 Å². The Kier molecular flexibility index (Phi) is 7.17. The van der Waals surface area contributed by atoms with Gasteiger partial charge >= 0.3 is 5.97 Å². The van der Waals surface area contributed by atoms with Crippen LogP contribution in [0, 0.1) is 11.8 Å². The fourth-order valence-corrected chi connectivity index (χ4v) is 3.42. The smallest absolute Gasteiger partial charge is 0.338 e.